The van der Waals surface area contributed by atoms with Crippen molar-refractivity contribution in [2.75, 3.05) is 48.7 Å². The van der Waals surface area contributed by atoms with Gasteiger partial charge in [0.2, 0.25) is 0 Å². The summed E-state index contributed by atoms with van der Waals surface area (Å²) in [4.78, 5) is 25.3. The minimum atomic E-state index is -0.422. The molecule has 0 aliphatic carbocycles. The molecule has 0 radical (unpaired) electrons. The minimum Gasteiger partial charge on any atom is -0.495 e. The lowest BCUT2D eigenvalue weighted by atomic mass is 10.0. The zero-order valence-electron chi connectivity index (χ0n) is 23.9. The largest absolute Gasteiger partial charge is 0.495 e. The number of methoxy groups -OCH3 is 2. The van der Waals surface area contributed by atoms with E-state index < -0.39 is 12.1 Å². The fraction of sp³-hybridized carbons (Fsp3) is 0.188. The van der Waals surface area contributed by atoms with Gasteiger partial charge >= 0.3 is 12.1 Å². The molecule has 42 heavy (non-hydrogen) atoms. The van der Waals surface area contributed by atoms with Crippen molar-refractivity contribution >= 4 is 34.8 Å². The number of carbonyl (C=O) groups is 2. The predicted octanol–water partition coefficient (Wildman–Crippen LogP) is 7.46. The van der Waals surface area contributed by atoms with Gasteiger partial charge in [-0.2, -0.15) is 0 Å². The minimum absolute atomic E-state index is 0.422. The summed E-state index contributed by atoms with van der Waals surface area (Å²) in [5.41, 5.74) is 3.84. The highest BCUT2D eigenvalue weighted by molar-refractivity contribution is 6.02. The number of benzene rings is 4. The van der Waals surface area contributed by atoms with E-state index in [0.717, 1.165) is 11.1 Å². The third kappa shape index (κ3) is 7.85. The molecule has 0 unspecified atom stereocenters. The number of hydrogen-bond acceptors (Lipinski definition) is 6. The second-order valence-corrected chi connectivity index (χ2v) is 8.91. The summed E-state index contributed by atoms with van der Waals surface area (Å²) >= 11 is 0. The topological polar surface area (TPSA) is 119 Å². The average Bonchev–Trinajstić information content (AvgIpc) is 2.98. The summed E-state index contributed by atoms with van der Waals surface area (Å²) in [6.45, 7) is 4.86. The van der Waals surface area contributed by atoms with Crippen LogP contribution in [0.3, 0.4) is 0 Å². The Kier molecular flexibility index (Phi) is 10.1. The van der Waals surface area contributed by atoms with Crippen LogP contribution in [-0.4, -0.2) is 39.5 Å². The quantitative estimate of drug-likeness (QED) is 0.149. The van der Waals surface area contributed by atoms with E-state index in [0.29, 0.717) is 59.0 Å². The van der Waals surface area contributed by atoms with Crippen molar-refractivity contribution in [2.24, 2.45) is 0 Å². The van der Waals surface area contributed by atoms with Crippen LogP contribution in [0.1, 0.15) is 13.8 Å². The maximum absolute atomic E-state index is 12.7. The van der Waals surface area contributed by atoms with E-state index in [2.05, 4.69) is 21.3 Å². The summed E-state index contributed by atoms with van der Waals surface area (Å²) in [5, 5.41) is 11.2. The van der Waals surface area contributed by atoms with Crippen LogP contribution in [0.4, 0.5) is 32.3 Å². The lowest BCUT2D eigenvalue weighted by Crippen LogP contribution is -2.20. The molecule has 4 aromatic carbocycles. The normalized spacial score (nSPS) is 10.3. The van der Waals surface area contributed by atoms with Gasteiger partial charge in [-0.1, -0.05) is 24.3 Å². The fourth-order valence-corrected chi connectivity index (χ4v) is 4.18. The Morgan fingerprint density at radius 2 is 1.00 bits per heavy atom. The number of ether oxygens (including phenoxy) is 4. The molecule has 0 heterocycles. The lowest BCUT2D eigenvalue weighted by molar-refractivity contribution is 0.261. The van der Waals surface area contributed by atoms with E-state index in [1.165, 1.54) is 14.2 Å². The Labute approximate surface area is 244 Å². The summed E-state index contributed by atoms with van der Waals surface area (Å²) in [6.07, 6.45) is 0. The Morgan fingerprint density at radius 1 is 0.571 bits per heavy atom. The van der Waals surface area contributed by atoms with E-state index >= 15 is 0 Å². The third-order valence-corrected chi connectivity index (χ3v) is 6.04. The van der Waals surface area contributed by atoms with Crippen LogP contribution < -0.4 is 40.2 Å². The van der Waals surface area contributed by atoms with Crippen LogP contribution in [0.5, 0.6) is 23.0 Å². The van der Waals surface area contributed by atoms with Crippen molar-refractivity contribution in [3.05, 3.63) is 84.9 Å². The molecule has 0 aliphatic heterocycles. The number of carbonyl (C=O) groups excluding carboxylic acids is 2. The highest BCUT2D eigenvalue weighted by Gasteiger charge is 2.13. The van der Waals surface area contributed by atoms with Gasteiger partial charge in [0.1, 0.15) is 23.0 Å². The number of hydrogen-bond donors (Lipinski definition) is 4. The monoisotopic (exact) mass is 570 g/mol. The molecular weight excluding hydrogens is 536 g/mol. The molecule has 10 nitrogen and oxygen atoms in total. The first-order valence-corrected chi connectivity index (χ1v) is 13.4. The number of urea groups is 2. The molecule has 4 aromatic rings. The van der Waals surface area contributed by atoms with E-state index in [-0.39, 0.29) is 0 Å². The Hall–Kier alpha value is -5.38. The molecule has 4 amide bonds. The molecule has 218 valence electrons. The Morgan fingerprint density at radius 3 is 1.38 bits per heavy atom. The summed E-state index contributed by atoms with van der Waals surface area (Å²) < 4.78 is 22.1. The van der Waals surface area contributed by atoms with Gasteiger partial charge in [0.05, 0.1) is 38.8 Å². The number of rotatable bonds is 11. The molecule has 0 aromatic heterocycles. The maximum Gasteiger partial charge on any atom is 0.323 e. The number of nitrogens with one attached hydrogen (secondary N) is 4. The molecule has 10 heteroatoms. The molecule has 4 rings (SSSR count). The summed E-state index contributed by atoms with van der Waals surface area (Å²) in [5.74, 6) is 2.28. The van der Waals surface area contributed by atoms with Gasteiger partial charge < -0.3 is 40.2 Å². The first kappa shape index (κ1) is 29.6. The standard InChI is InChI=1S/C32H34N4O6/c1-5-41-25-11-7-9-23(19-25)33-31(37)35-27-15-13-21(17-29(27)39-3)22-14-16-28(30(18-22)40-4)36-32(38)34-24-10-8-12-26(20-24)42-6-2/h7-20H,5-6H2,1-4H3,(H2,33,35,37)(H2,34,36,38). The van der Waals surface area contributed by atoms with Gasteiger partial charge in [-0.05, 0) is 73.5 Å². The predicted molar refractivity (Wildman–Crippen MR) is 165 cm³/mol. The number of amides is 4. The van der Waals surface area contributed by atoms with Crippen LogP contribution >= 0.6 is 0 Å². The SMILES string of the molecule is CCOc1cccc(NC(=O)Nc2ccc(-c3ccc(NC(=O)Nc4cccc(OCC)c4)c(OC)c3)cc2OC)c1. The van der Waals surface area contributed by atoms with E-state index in [1.54, 1.807) is 48.5 Å². The molecule has 0 aliphatic rings. The average molecular weight is 571 g/mol. The third-order valence-electron chi connectivity index (χ3n) is 6.04. The van der Waals surface area contributed by atoms with Crippen LogP contribution in [0, 0.1) is 0 Å². The maximum atomic E-state index is 12.7. The van der Waals surface area contributed by atoms with Gasteiger partial charge in [-0.25, -0.2) is 9.59 Å². The molecule has 0 atom stereocenters. The Balaban J connectivity index is 1.44. The van der Waals surface area contributed by atoms with Crippen molar-refractivity contribution in [1.29, 1.82) is 0 Å². The molecular formula is C32H34N4O6. The van der Waals surface area contributed by atoms with Gasteiger partial charge in [0.15, 0.2) is 0 Å². The highest BCUT2D eigenvalue weighted by Crippen LogP contribution is 2.35. The van der Waals surface area contributed by atoms with Crippen LogP contribution in [0.25, 0.3) is 11.1 Å². The second-order valence-electron chi connectivity index (χ2n) is 8.91. The molecule has 4 N–H and O–H groups in total. The molecule has 0 fully saturated rings. The van der Waals surface area contributed by atoms with Gasteiger partial charge in [0, 0.05) is 23.5 Å². The fourth-order valence-electron chi connectivity index (χ4n) is 4.18. The zero-order chi connectivity index (χ0) is 29.9. The lowest BCUT2D eigenvalue weighted by Gasteiger charge is -2.15. The van der Waals surface area contributed by atoms with Gasteiger partial charge in [-0.3, -0.25) is 0 Å². The Bertz CT molecular complexity index is 1430. The molecule has 0 spiro atoms. The van der Waals surface area contributed by atoms with Crippen molar-refractivity contribution in [2.45, 2.75) is 13.8 Å². The van der Waals surface area contributed by atoms with Crippen molar-refractivity contribution in [1.82, 2.24) is 0 Å². The molecule has 0 saturated heterocycles. The highest BCUT2D eigenvalue weighted by atomic mass is 16.5. The summed E-state index contributed by atoms with van der Waals surface area (Å²) in [7, 11) is 3.06. The first-order valence-electron chi connectivity index (χ1n) is 13.4. The van der Waals surface area contributed by atoms with Crippen molar-refractivity contribution in [3.63, 3.8) is 0 Å². The summed E-state index contributed by atoms with van der Waals surface area (Å²) in [6, 6.07) is 24.3. The zero-order valence-corrected chi connectivity index (χ0v) is 23.9. The van der Waals surface area contributed by atoms with Crippen LogP contribution in [0.15, 0.2) is 84.9 Å². The molecule has 0 bridgehead atoms. The van der Waals surface area contributed by atoms with Gasteiger partial charge in [-0.15, -0.1) is 0 Å². The first-order chi connectivity index (χ1) is 20.4. The van der Waals surface area contributed by atoms with E-state index in [1.807, 2.05) is 50.2 Å². The second kappa shape index (κ2) is 14.3. The van der Waals surface area contributed by atoms with Crippen LogP contribution in [-0.2, 0) is 0 Å². The van der Waals surface area contributed by atoms with Crippen LogP contribution in [0.2, 0.25) is 0 Å². The smallest absolute Gasteiger partial charge is 0.323 e. The van der Waals surface area contributed by atoms with E-state index in [9.17, 15) is 9.59 Å². The van der Waals surface area contributed by atoms with E-state index in [4.69, 9.17) is 18.9 Å². The number of anilines is 4. The van der Waals surface area contributed by atoms with Gasteiger partial charge in [0.25, 0.3) is 0 Å². The van der Waals surface area contributed by atoms with Crippen molar-refractivity contribution < 1.29 is 28.5 Å². The molecule has 0 saturated carbocycles. The van der Waals surface area contributed by atoms with Crippen molar-refractivity contribution in [3.8, 4) is 34.1 Å².